The van der Waals surface area contributed by atoms with Crippen LogP contribution in [0.15, 0.2) is 0 Å². The van der Waals surface area contributed by atoms with Crippen LogP contribution in [0, 0.1) is 0 Å². The SMILES string of the molecule is CC(CNCC(F)(F)F)N(CC(F)(F)F)C1CC1. The summed E-state index contributed by atoms with van der Waals surface area (Å²) < 4.78 is 72.6. The molecule has 1 N–H and O–H groups in total. The summed E-state index contributed by atoms with van der Waals surface area (Å²) >= 11 is 0. The van der Waals surface area contributed by atoms with Crippen LogP contribution < -0.4 is 5.32 Å². The summed E-state index contributed by atoms with van der Waals surface area (Å²) in [7, 11) is 0. The first-order valence-electron chi connectivity index (χ1n) is 5.68. The summed E-state index contributed by atoms with van der Waals surface area (Å²) in [6, 6.07) is -0.712. The number of nitrogens with zero attached hydrogens (tertiary/aromatic N) is 1. The molecule has 8 heteroatoms. The minimum absolute atomic E-state index is 0.105. The molecule has 0 spiro atoms. The van der Waals surface area contributed by atoms with Gasteiger partial charge in [-0.2, -0.15) is 26.3 Å². The van der Waals surface area contributed by atoms with E-state index in [4.69, 9.17) is 0 Å². The number of hydrogen-bond acceptors (Lipinski definition) is 2. The van der Waals surface area contributed by atoms with Crippen LogP contribution in [0.4, 0.5) is 26.3 Å². The van der Waals surface area contributed by atoms with Crippen molar-refractivity contribution < 1.29 is 26.3 Å². The number of rotatable bonds is 6. The Morgan fingerprint density at radius 1 is 1.11 bits per heavy atom. The van der Waals surface area contributed by atoms with Crippen molar-refractivity contribution in [1.82, 2.24) is 10.2 Å². The average Bonchev–Trinajstić information content (AvgIpc) is 2.93. The van der Waals surface area contributed by atoms with Crippen molar-refractivity contribution in [1.29, 1.82) is 0 Å². The zero-order valence-corrected chi connectivity index (χ0v) is 9.91. The Kier molecular flexibility index (Phi) is 4.88. The summed E-state index contributed by atoms with van der Waals surface area (Å²) in [6.45, 7) is -0.839. The van der Waals surface area contributed by atoms with Crippen LogP contribution in [0.5, 0.6) is 0 Å². The third-order valence-electron chi connectivity index (χ3n) is 2.71. The lowest BCUT2D eigenvalue weighted by molar-refractivity contribution is -0.152. The van der Waals surface area contributed by atoms with Crippen LogP contribution in [0.25, 0.3) is 0 Å². The van der Waals surface area contributed by atoms with E-state index < -0.39 is 31.5 Å². The molecule has 0 aromatic heterocycles. The molecule has 1 atom stereocenters. The van der Waals surface area contributed by atoms with Gasteiger partial charge in [-0.3, -0.25) is 4.90 Å². The van der Waals surface area contributed by atoms with E-state index in [1.54, 1.807) is 0 Å². The predicted molar refractivity (Wildman–Crippen MR) is 54.2 cm³/mol. The molecule has 0 aliphatic heterocycles. The third-order valence-corrected chi connectivity index (χ3v) is 2.71. The van der Waals surface area contributed by atoms with Gasteiger partial charge in [-0.05, 0) is 19.8 Å². The molecule has 1 rings (SSSR count). The summed E-state index contributed by atoms with van der Waals surface area (Å²) in [6.07, 6.45) is -7.30. The lowest BCUT2D eigenvalue weighted by Gasteiger charge is -2.30. The molecule has 0 aromatic carbocycles. The molecule has 0 saturated heterocycles. The first kappa shape index (κ1) is 15.6. The Morgan fingerprint density at radius 3 is 2.06 bits per heavy atom. The zero-order chi connectivity index (χ0) is 14.0. The topological polar surface area (TPSA) is 15.3 Å². The van der Waals surface area contributed by atoms with Crippen LogP contribution in [0.1, 0.15) is 19.8 Å². The Morgan fingerprint density at radius 2 is 1.67 bits per heavy atom. The van der Waals surface area contributed by atoms with Crippen LogP contribution in [-0.2, 0) is 0 Å². The molecule has 0 radical (unpaired) electrons. The Hall–Kier alpha value is -0.500. The summed E-state index contributed by atoms with van der Waals surface area (Å²) in [5, 5.41) is 2.14. The Bertz CT molecular complexity index is 258. The predicted octanol–water partition coefficient (Wildman–Crippen LogP) is 2.55. The monoisotopic (exact) mass is 278 g/mol. The molecular formula is C10H16F6N2. The fraction of sp³-hybridized carbons (Fsp3) is 1.00. The minimum atomic E-state index is -4.34. The van der Waals surface area contributed by atoms with Gasteiger partial charge in [-0.1, -0.05) is 0 Å². The number of hydrogen-bond donors (Lipinski definition) is 1. The molecule has 2 nitrogen and oxygen atoms in total. The molecule has 0 amide bonds. The molecule has 18 heavy (non-hydrogen) atoms. The van der Waals surface area contributed by atoms with Gasteiger partial charge in [0.25, 0.3) is 0 Å². The van der Waals surface area contributed by atoms with E-state index in [0.29, 0.717) is 12.8 Å². The molecule has 1 saturated carbocycles. The van der Waals surface area contributed by atoms with Gasteiger partial charge in [0.2, 0.25) is 0 Å². The maximum Gasteiger partial charge on any atom is 0.401 e. The zero-order valence-electron chi connectivity index (χ0n) is 9.91. The highest BCUT2D eigenvalue weighted by Crippen LogP contribution is 2.31. The quantitative estimate of drug-likeness (QED) is 0.751. The van der Waals surface area contributed by atoms with Gasteiger partial charge in [0.15, 0.2) is 0 Å². The van der Waals surface area contributed by atoms with Gasteiger partial charge in [0.05, 0.1) is 13.1 Å². The second-order valence-corrected chi connectivity index (χ2v) is 4.61. The Labute approximate surface area is 101 Å². The van der Waals surface area contributed by atoms with Crippen molar-refractivity contribution in [3.05, 3.63) is 0 Å². The van der Waals surface area contributed by atoms with Crippen LogP contribution in [0.3, 0.4) is 0 Å². The minimum Gasteiger partial charge on any atom is -0.307 e. The van der Waals surface area contributed by atoms with Gasteiger partial charge in [0, 0.05) is 18.6 Å². The van der Waals surface area contributed by atoms with E-state index in [9.17, 15) is 26.3 Å². The molecule has 0 bridgehead atoms. The smallest absolute Gasteiger partial charge is 0.307 e. The second-order valence-electron chi connectivity index (χ2n) is 4.61. The molecular weight excluding hydrogens is 262 g/mol. The molecule has 1 fully saturated rings. The summed E-state index contributed by atoms with van der Waals surface area (Å²) in [5.41, 5.74) is 0. The molecule has 0 aromatic rings. The standard InChI is InChI=1S/C10H16F6N2/c1-7(4-17-5-9(11,12)13)18(8-2-3-8)6-10(14,15)16/h7-8,17H,2-6H2,1H3. The first-order chi connectivity index (χ1) is 8.08. The molecule has 0 heterocycles. The van der Waals surface area contributed by atoms with E-state index in [2.05, 4.69) is 5.32 Å². The highest BCUT2D eigenvalue weighted by Gasteiger charge is 2.40. The highest BCUT2D eigenvalue weighted by molar-refractivity contribution is 4.89. The van der Waals surface area contributed by atoms with Crippen LogP contribution >= 0.6 is 0 Å². The maximum atomic E-state index is 12.3. The second kappa shape index (κ2) is 5.64. The number of nitrogens with one attached hydrogen (secondary N) is 1. The average molecular weight is 278 g/mol. The third kappa shape index (κ3) is 6.44. The lowest BCUT2D eigenvalue weighted by Crippen LogP contribution is -2.47. The Balaban J connectivity index is 2.38. The normalized spacial score (nSPS) is 19.3. The number of halogens is 6. The van der Waals surface area contributed by atoms with Crippen molar-refractivity contribution in [3.63, 3.8) is 0 Å². The number of alkyl halides is 6. The van der Waals surface area contributed by atoms with Gasteiger partial charge in [0.1, 0.15) is 0 Å². The van der Waals surface area contributed by atoms with E-state index in [0.717, 1.165) is 0 Å². The van der Waals surface area contributed by atoms with Crippen molar-refractivity contribution in [2.24, 2.45) is 0 Å². The lowest BCUT2D eigenvalue weighted by atomic mass is 10.2. The van der Waals surface area contributed by atoms with Crippen molar-refractivity contribution in [3.8, 4) is 0 Å². The maximum absolute atomic E-state index is 12.3. The van der Waals surface area contributed by atoms with E-state index in [1.165, 1.54) is 11.8 Å². The fourth-order valence-corrected chi connectivity index (χ4v) is 1.80. The van der Waals surface area contributed by atoms with E-state index in [-0.39, 0.29) is 12.6 Å². The van der Waals surface area contributed by atoms with E-state index in [1.807, 2.05) is 0 Å². The molecule has 1 aliphatic rings. The van der Waals surface area contributed by atoms with E-state index >= 15 is 0 Å². The van der Waals surface area contributed by atoms with Crippen molar-refractivity contribution >= 4 is 0 Å². The highest BCUT2D eigenvalue weighted by atomic mass is 19.4. The van der Waals surface area contributed by atoms with Gasteiger partial charge < -0.3 is 5.32 Å². The summed E-state index contributed by atoms with van der Waals surface area (Å²) in [4.78, 5) is 1.23. The van der Waals surface area contributed by atoms with Crippen molar-refractivity contribution in [2.45, 2.75) is 44.2 Å². The molecule has 1 unspecified atom stereocenters. The largest absolute Gasteiger partial charge is 0.401 e. The van der Waals surface area contributed by atoms with Gasteiger partial charge in [-0.25, -0.2) is 0 Å². The first-order valence-corrected chi connectivity index (χ1v) is 5.68. The van der Waals surface area contributed by atoms with Gasteiger partial charge >= 0.3 is 12.4 Å². The molecule has 1 aliphatic carbocycles. The van der Waals surface area contributed by atoms with Crippen molar-refractivity contribution in [2.75, 3.05) is 19.6 Å². The fourth-order valence-electron chi connectivity index (χ4n) is 1.80. The summed E-state index contributed by atoms with van der Waals surface area (Å²) in [5.74, 6) is 0. The molecule has 108 valence electrons. The van der Waals surface area contributed by atoms with Crippen LogP contribution in [0.2, 0.25) is 0 Å². The van der Waals surface area contributed by atoms with Gasteiger partial charge in [-0.15, -0.1) is 0 Å². The van der Waals surface area contributed by atoms with Crippen LogP contribution in [-0.4, -0.2) is 49.0 Å².